The highest BCUT2D eigenvalue weighted by Gasteiger charge is 2.23. The van der Waals surface area contributed by atoms with Crippen LogP contribution < -0.4 is 5.32 Å². The fraction of sp³-hybridized carbons (Fsp3) is 0.227. The fourth-order valence-electron chi connectivity index (χ4n) is 3.26. The van der Waals surface area contributed by atoms with Crippen LogP contribution in [0.3, 0.4) is 0 Å². The van der Waals surface area contributed by atoms with Crippen molar-refractivity contribution in [2.45, 2.75) is 6.92 Å². The molecule has 0 unspecified atom stereocenters. The van der Waals surface area contributed by atoms with E-state index in [1.807, 2.05) is 55.5 Å². The van der Waals surface area contributed by atoms with Gasteiger partial charge in [-0.15, -0.1) is 11.3 Å². The van der Waals surface area contributed by atoms with E-state index in [0.717, 1.165) is 26.5 Å². The zero-order valence-corrected chi connectivity index (χ0v) is 17.0. The Labute approximate surface area is 173 Å². The quantitative estimate of drug-likeness (QED) is 0.669. The summed E-state index contributed by atoms with van der Waals surface area (Å²) in [6.45, 7) is 4.05. The van der Waals surface area contributed by atoms with E-state index in [9.17, 15) is 9.59 Å². The lowest BCUT2D eigenvalue weighted by atomic mass is 10.2. The second-order valence-corrected chi connectivity index (χ2v) is 8.03. The summed E-state index contributed by atoms with van der Waals surface area (Å²) in [5.74, 6) is -0.0528. The third kappa shape index (κ3) is 4.63. The SMILES string of the molecule is Cc1cccc(NC(=O)N2CCN(C(=O)/C=C/c3nc4ccccc4s3)CC2)c1. The molecule has 1 aliphatic heterocycles. The molecule has 1 aromatic heterocycles. The molecule has 4 rings (SSSR count). The lowest BCUT2D eigenvalue weighted by molar-refractivity contribution is -0.127. The fourth-order valence-corrected chi connectivity index (χ4v) is 4.13. The number of benzene rings is 2. The summed E-state index contributed by atoms with van der Waals surface area (Å²) in [5.41, 5.74) is 2.82. The Balaban J connectivity index is 1.30. The number of thiazole rings is 1. The molecule has 7 heteroatoms. The molecule has 3 aromatic rings. The van der Waals surface area contributed by atoms with Crippen molar-refractivity contribution >= 4 is 45.3 Å². The van der Waals surface area contributed by atoms with Crippen molar-refractivity contribution in [3.63, 3.8) is 0 Å². The summed E-state index contributed by atoms with van der Waals surface area (Å²) >= 11 is 1.56. The molecule has 2 aromatic carbocycles. The topological polar surface area (TPSA) is 65.5 Å². The molecule has 0 atom stereocenters. The predicted molar refractivity (Wildman–Crippen MR) is 117 cm³/mol. The average molecular weight is 407 g/mol. The minimum atomic E-state index is -0.132. The molecular weight excluding hydrogens is 384 g/mol. The van der Waals surface area contributed by atoms with Crippen molar-refractivity contribution in [1.82, 2.24) is 14.8 Å². The first-order valence-electron chi connectivity index (χ1n) is 9.54. The molecule has 1 aliphatic rings. The van der Waals surface area contributed by atoms with Gasteiger partial charge in [0.1, 0.15) is 5.01 Å². The Hall–Kier alpha value is -3.19. The number of fused-ring (bicyclic) bond motifs is 1. The van der Waals surface area contributed by atoms with Crippen molar-refractivity contribution < 1.29 is 9.59 Å². The van der Waals surface area contributed by atoms with Gasteiger partial charge in [-0.05, 0) is 42.8 Å². The van der Waals surface area contributed by atoms with Crippen LogP contribution in [0.4, 0.5) is 10.5 Å². The van der Waals surface area contributed by atoms with Crippen LogP contribution in [0.2, 0.25) is 0 Å². The number of nitrogens with zero attached hydrogens (tertiary/aromatic N) is 3. The van der Waals surface area contributed by atoms with Crippen LogP contribution in [0.25, 0.3) is 16.3 Å². The molecule has 1 N–H and O–H groups in total. The van der Waals surface area contributed by atoms with Crippen LogP contribution in [0.15, 0.2) is 54.6 Å². The van der Waals surface area contributed by atoms with Gasteiger partial charge < -0.3 is 15.1 Å². The van der Waals surface area contributed by atoms with Crippen LogP contribution in [0.5, 0.6) is 0 Å². The molecule has 29 heavy (non-hydrogen) atoms. The second kappa shape index (κ2) is 8.45. The van der Waals surface area contributed by atoms with E-state index in [-0.39, 0.29) is 11.9 Å². The van der Waals surface area contributed by atoms with E-state index < -0.39 is 0 Å². The lowest BCUT2D eigenvalue weighted by Gasteiger charge is -2.34. The molecule has 0 bridgehead atoms. The minimum absolute atomic E-state index is 0.0528. The van der Waals surface area contributed by atoms with Gasteiger partial charge in [0.05, 0.1) is 10.2 Å². The lowest BCUT2D eigenvalue weighted by Crippen LogP contribution is -2.51. The van der Waals surface area contributed by atoms with E-state index in [1.54, 1.807) is 33.3 Å². The van der Waals surface area contributed by atoms with Gasteiger partial charge >= 0.3 is 6.03 Å². The van der Waals surface area contributed by atoms with Crippen LogP contribution in [-0.2, 0) is 4.79 Å². The molecular formula is C22H22N4O2S. The van der Waals surface area contributed by atoms with Gasteiger partial charge in [-0.2, -0.15) is 0 Å². The van der Waals surface area contributed by atoms with E-state index in [4.69, 9.17) is 0 Å². The highest BCUT2D eigenvalue weighted by Crippen LogP contribution is 2.22. The molecule has 0 aliphatic carbocycles. The molecule has 148 valence electrons. The first-order valence-corrected chi connectivity index (χ1v) is 10.4. The molecule has 0 saturated carbocycles. The van der Waals surface area contributed by atoms with Crippen molar-refractivity contribution in [3.8, 4) is 0 Å². The van der Waals surface area contributed by atoms with Crippen molar-refractivity contribution in [3.05, 3.63) is 65.2 Å². The number of amides is 3. The number of urea groups is 1. The van der Waals surface area contributed by atoms with Crippen molar-refractivity contribution in [1.29, 1.82) is 0 Å². The average Bonchev–Trinajstić information content (AvgIpc) is 3.15. The van der Waals surface area contributed by atoms with Crippen molar-refractivity contribution in [2.75, 3.05) is 31.5 Å². The maximum Gasteiger partial charge on any atom is 0.321 e. The predicted octanol–water partition coefficient (Wildman–Crippen LogP) is 3.99. The number of hydrogen-bond donors (Lipinski definition) is 1. The number of carbonyl (C=O) groups excluding carboxylic acids is 2. The van der Waals surface area contributed by atoms with Crippen LogP contribution in [0, 0.1) is 6.92 Å². The minimum Gasteiger partial charge on any atom is -0.336 e. The normalized spacial score (nSPS) is 14.5. The van der Waals surface area contributed by atoms with Crippen LogP contribution in [-0.4, -0.2) is 52.9 Å². The zero-order valence-electron chi connectivity index (χ0n) is 16.2. The summed E-state index contributed by atoms with van der Waals surface area (Å²) in [7, 11) is 0. The number of aryl methyl sites for hydroxylation is 1. The number of carbonyl (C=O) groups is 2. The van der Waals surface area contributed by atoms with Gasteiger partial charge in [-0.25, -0.2) is 9.78 Å². The van der Waals surface area contributed by atoms with Crippen LogP contribution >= 0.6 is 11.3 Å². The molecule has 1 saturated heterocycles. The smallest absolute Gasteiger partial charge is 0.321 e. The number of hydrogen-bond acceptors (Lipinski definition) is 4. The van der Waals surface area contributed by atoms with E-state index in [2.05, 4.69) is 10.3 Å². The number of piperazine rings is 1. The van der Waals surface area contributed by atoms with Crippen LogP contribution in [0.1, 0.15) is 10.6 Å². The number of aromatic nitrogens is 1. The molecule has 0 spiro atoms. The summed E-state index contributed by atoms with van der Waals surface area (Å²) in [6.07, 6.45) is 3.34. The summed E-state index contributed by atoms with van der Waals surface area (Å²) in [5, 5.41) is 3.73. The van der Waals surface area contributed by atoms with Gasteiger partial charge in [0.15, 0.2) is 0 Å². The zero-order chi connectivity index (χ0) is 20.2. The molecule has 1 fully saturated rings. The molecule has 3 amide bonds. The van der Waals surface area contributed by atoms with Gasteiger partial charge in [-0.3, -0.25) is 4.79 Å². The van der Waals surface area contributed by atoms with Gasteiger partial charge in [0.25, 0.3) is 0 Å². The van der Waals surface area contributed by atoms with Gasteiger partial charge in [-0.1, -0.05) is 24.3 Å². The molecule has 0 radical (unpaired) electrons. The number of rotatable bonds is 3. The maximum absolute atomic E-state index is 12.5. The Kier molecular flexibility index (Phi) is 5.57. The Morgan fingerprint density at radius 2 is 1.79 bits per heavy atom. The van der Waals surface area contributed by atoms with Gasteiger partial charge in [0, 0.05) is 37.9 Å². The number of nitrogens with one attached hydrogen (secondary N) is 1. The van der Waals surface area contributed by atoms with Gasteiger partial charge in [0.2, 0.25) is 5.91 Å². The monoisotopic (exact) mass is 406 g/mol. The first-order chi connectivity index (χ1) is 14.1. The number of anilines is 1. The largest absolute Gasteiger partial charge is 0.336 e. The van der Waals surface area contributed by atoms with E-state index >= 15 is 0 Å². The second-order valence-electron chi connectivity index (χ2n) is 6.97. The summed E-state index contributed by atoms with van der Waals surface area (Å²) in [6, 6.07) is 15.5. The molecule has 2 heterocycles. The maximum atomic E-state index is 12.5. The standard InChI is InChI=1S/C22H22N4O2S/c1-16-5-4-6-17(15-16)23-22(28)26-13-11-25(12-14-26)21(27)10-9-20-24-18-7-2-3-8-19(18)29-20/h2-10,15H,11-14H2,1H3,(H,23,28)/b10-9+. The third-order valence-corrected chi connectivity index (χ3v) is 5.83. The molecule has 6 nitrogen and oxygen atoms in total. The highest BCUT2D eigenvalue weighted by molar-refractivity contribution is 7.19. The Morgan fingerprint density at radius 1 is 1.03 bits per heavy atom. The van der Waals surface area contributed by atoms with E-state index in [1.165, 1.54) is 0 Å². The first kappa shape index (κ1) is 19.1. The highest BCUT2D eigenvalue weighted by atomic mass is 32.1. The number of para-hydroxylation sites is 1. The van der Waals surface area contributed by atoms with Crippen molar-refractivity contribution in [2.24, 2.45) is 0 Å². The Morgan fingerprint density at radius 3 is 2.55 bits per heavy atom. The summed E-state index contributed by atoms with van der Waals surface area (Å²) in [4.78, 5) is 32.9. The Bertz CT molecular complexity index is 1030. The third-order valence-electron chi connectivity index (χ3n) is 4.83. The van der Waals surface area contributed by atoms with E-state index in [0.29, 0.717) is 26.2 Å². The summed E-state index contributed by atoms with van der Waals surface area (Å²) < 4.78 is 1.10.